The van der Waals surface area contributed by atoms with E-state index in [0.29, 0.717) is 41.1 Å². The van der Waals surface area contributed by atoms with Gasteiger partial charge in [-0.15, -0.1) is 11.3 Å². The number of carboxylic acid groups (broad SMARTS) is 1. The van der Waals surface area contributed by atoms with Crippen LogP contribution >= 0.6 is 11.3 Å². The first-order valence-corrected chi connectivity index (χ1v) is 12.3. The molecule has 36 heavy (non-hydrogen) atoms. The number of nitrogens with zero attached hydrogens (tertiary/aromatic N) is 6. The zero-order valence-electron chi connectivity index (χ0n) is 20.2. The van der Waals surface area contributed by atoms with Crippen molar-refractivity contribution < 1.29 is 14.7 Å². The molecule has 1 fully saturated rings. The van der Waals surface area contributed by atoms with E-state index >= 15 is 0 Å². The number of aromatic carboxylic acids is 1. The van der Waals surface area contributed by atoms with Gasteiger partial charge in [0.25, 0.3) is 0 Å². The summed E-state index contributed by atoms with van der Waals surface area (Å²) in [6.07, 6.45) is 2.87. The molecule has 11 nitrogen and oxygen atoms in total. The summed E-state index contributed by atoms with van der Waals surface area (Å²) in [4.78, 5) is 48.4. The van der Waals surface area contributed by atoms with Crippen LogP contribution in [0.15, 0.2) is 34.7 Å². The predicted molar refractivity (Wildman–Crippen MR) is 136 cm³/mol. The number of carbonyl (C=O) groups excluding carboxylic acids is 1. The van der Waals surface area contributed by atoms with Gasteiger partial charge in [0.15, 0.2) is 16.6 Å². The molecular weight excluding hydrogens is 482 g/mol. The van der Waals surface area contributed by atoms with Crippen LogP contribution in [-0.4, -0.2) is 54.4 Å². The molecule has 0 unspecified atom stereocenters. The predicted octanol–water partition coefficient (Wildman–Crippen LogP) is 3.01. The first-order chi connectivity index (χ1) is 17.1. The smallest absolute Gasteiger partial charge is 0.341 e. The number of aryl methyl sites for hydroxylation is 2. The van der Waals surface area contributed by atoms with Crippen molar-refractivity contribution >= 4 is 45.9 Å². The Labute approximate surface area is 210 Å². The van der Waals surface area contributed by atoms with Crippen LogP contribution in [0.4, 0.5) is 11.6 Å². The Balaban J connectivity index is 1.42. The van der Waals surface area contributed by atoms with Crippen LogP contribution in [0.3, 0.4) is 0 Å². The number of anilines is 2. The third-order valence-corrected chi connectivity index (χ3v) is 7.01. The summed E-state index contributed by atoms with van der Waals surface area (Å²) >= 11 is 1.31. The minimum Gasteiger partial charge on any atom is -0.477 e. The lowest BCUT2D eigenvalue weighted by molar-refractivity contribution is -0.120. The fourth-order valence-electron chi connectivity index (χ4n) is 4.40. The lowest BCUT2D eigenvalue weighted by Crippen LogP contribution is -2.52. The van der Waals surface area contributed by atoms with Gasteiger partial charge in [-0.25, -0.2) is 14.8 Å². The Bertz CT molecular complexity index is 1550. The molecule has 0 spiro atoms. The fraction of sp³-hybridized carbons (Fsp3) is 0.333. The highest BCUT2D eigenvalue weighted by Gasteiger charge is 2.34. The molecule has 0 saturated carbocycles. The van der Waals surface area contributed by atoms with Gasteiger partial charge in [0.1, 0.15) is 11.4 Å². The summed E-state index contributed by atoms with van der Waals surface area (Å²) in [6, 6.07) is 3.81. The molecule has 1 saturated heterocycles. The van der Waals surface area contributed by atoms with Crippen molar-refractivity contribution in [1.29, 1.82) is 0 Å². The molecule has 12 heteroatoms. The van der Waals surface area contributed by atoms with Crippen molar-refractivity contribution in [2.75, 3.05) is 23.3 Å². The van der Waals surface area contributed by atoms with Gasteiger partial charge in [0.2, 0.25) is 11.3 Å². The van der Waals surface area contributed by atoms with Crippen LogP contribution in [0.2, 0.25) is 0 Å². The number of pyridine rings is 2. The van der Waals surface area contributed by atoms with E-state index in [1.807, 2.05) is 36.4 Å². The van der Waals surface area contributed by atoms with Gasteiger partial charge in [0.05, 0.1) is 11.3 Å². The Morgan fingerprint density at radius 3 is 2.58 bits per heavy atom. The van der Waals surface area contributed by atoms with Crippen LogP contribution in [0, 0.1) is 19.8 Å². The van der Waals surface area contributed by atoms with Crippen molar-refractivity contribution in [2.45, 2.75) is 33.7 Å². The van der Waals surface area contributed by atoms with Gasteiger partial charge < -0.3 is 15.3 Å². The molecule has 0 radical (unpaired) electrons. The maximum atomic E-state index is 12.9. The number of carbonyl (C=O) groups is 2. The number of rotatable bonds is 6. The minimum atomic E-state index is -1.30. The zero-order valence-corrected chi connectivity index (χ0v) is 21.0. The Kier molecular flexibility index (Phi) is 5.83. The highest BCUT2D eigenvalue weighted by molar-refractivity contribution is 7.12. The van der Waals surface area contributed by atoms with Gasteiger partial charge in [-0.3, -0.25) is 18.8 Å². The van der Waals surface area contributed by atoms with E-state index in [4.69, 9.17) is 4.98 Å². The zero-order chi connectivity index (χ0) is 25.7. The maximum absolute atomic E-state index is 12.9. The second kappa shape index (κ2) is 8.86. The molecule has 0 atom stereocenters. The summed E-state index contributed by atoms with van der Waals surface area (Å²) < 4.78 is 3.40. The number of hydrogen-bond acceptors (Lipinski definition) is 8. The van der Waals surface area contributed by atoms with Gasteiger partial charge in [-0.2, -0.15) is 5.10 Å². The molecule has 4 aromatic heterocycles. The van der Waals surface area contributed by atoms with E-state index in [-0.39, 0.29) is 28.8 Å². The summed E-state index contributed by atoms with van der Waals surface area (Å²) in [5.41, 5.74) is 0.988. The summed E-state index contributed by atoms with van der Waals surface area (Å²) in [7, 11) is 0. The van der Waals surface area contributed by atoms with E-state index in [1.54, 1.807) is 29.1 Å². The number of nitrogens with one attached hydrogen (secondary N) is 1. The molecule has 1 aliphatic heterocycles. The van der Waals surface area contributed by atoms with Crippen LogP contribution in [0.5, 0.6) is 0 Å². The topological polar surface area (TPSA) is 135 Å². The van der Waals surface area contributed by atoms with E-state index in [9.17, 15) is 19.5 Å². The number of thiazole rings is 1. The Morgan fingerprint density at radius 2 is 1.97 bits per heavy atom. The van der Waals surface area contributed by atoms with Crippen molar-refractivity contribution in [1.82, 2.24) is 24.3 Å². The maximum Gasteiger partial charge on any atom is 0.341 e. The molecule has 2 N–H and O–H groups in total. The van der Waals surface area contributed by atoms with Crippen molar-refractivity contribution in [3.63, 3.8) is 0 Å². The highest BCUT2D eigenvalue weighted by Crippen LogP contribution is 2.29. The molecule has 0 bridgehead atoms. The molecule has 1 amide bonds. The average Bonchev–Trinajstić information content (AvgIpc) is 3.42. The summed E-state index contributed by atoms with van der Waals surface area (Å²) in [6.45, 7) is 8.69. The second-order valence-electron chi connectivity index (χ2n) is 9.16. The summed E-state index contributed by atoms with van der Waals surface area (Å²) in [5.74, 6) is -0.505. The van der Waals surface area contributed by atoms with E-state index in [1.165, 1.54) is 17.5 Å². The van der Waals surface area contributed by atoms with Crippen LogP contribution < -0.4 is 15.6 Å². The average molecular weight is 508 g/mol. The largest absolute Gasteiger partial charge is 0.477 e. The van der Waals surface area contributed by atoms with Crippen molar-refractivity contribution in [3.05, 3.63) is 57.0 Å². The lowest BCUT2D eigenvalue weighted by Gasteiger charge is -2.39. The number of fused-ring (bicyclic) bond motifs is 1. The monoisotopic (exact) mass is 507 g/mol. The number of hydrogen-bond donors (Lipinski definition) is 2. The van der Waals surface area contributed by atoms with Gasteiger partial charge in [0, 0.05) is 48.7 Å². The SMILES string of the molecule is Cc1cc(N2CC(C(=O)Nc3cc(C)n(C(C)C)n3)C2)nc2c1c(=O)c(C(=O)O)cn2-c1nccs1. The molecule has 5 rings (SSSR count). The number of carboxylic acids is 1. The third kappa shape index (κ3) is 4.02. The fourth-order valence-corrected chi connectivity index (χ4v) is 5.02. The number of amides is 1. The molecule has 4 aromatic rings. The lowest BCUT2D eigenvalue weighted by atomic mass is 9.98. The molecule has 5 heterocycles. The third-order valence-electron chi connectivity index (χ3n) is 6.24. The minimum absolute atomic E-state index is 0.108. The van der Waals surface area contributed by atoms with Gasteiger partial charge in [-0.05, 0) is 39.3 Å². The van der Waals surface area contributed by atoms with Gasteiger partial charge in [-0.1, -0.05) is 0 Å². The van der Waals surface area contributed by atoms with Crippen molar-refractivity contribution in [2.24, 2.45) is 5.92 Å². The first-order valence-electron chi connectivity index (χ1n) is 11.5. The Hall–Kier alpha value is -4.06. The van der Waals surface area contributed by atoms with Crippen LogP contribution in [0.1, 0.15) is 41.5 Å². The molecule has 0 aliphatic carbocycles. The van der Waals surface area contributed by atoms with E-state index in [2.05, 4.69) is 15.4 Å². The highest BCUT2D eigenvalue weighted by atomic mass is 32.1. The molecular formula is C24H25N7O4S. The second-order valence-corrected chi connectivity index (χ2v) is 10.0. The Morgan fingerprint density at radius 1 is 1.22 bits per heavy atom. The quantitative estimate of drug-likeness (QED) is 0.407. The van der Waals surface area contributed by atoms with Crippen LogP contribution in [-0.2, 0) is 4.79 Å². The van der Waals surface area contributed by atoms with E-state index in [0.717, 1.165) is 5.69 Å². The molecule has 1 aliphatic rings. The number of aromatic nitrogens is 5. The van der Waals surface area contributed by atoms with E-state index < -0.39 is 11.4 Å². The first kappa shape index (κ1) is 23.7. The molecule has 186 valence electrons. The molecule has 0 aromatic carbocycles. The van der Waals surface area contributed by atoms with Crippen LogP contribution in [0.25, 0.3) is 16.2 Å². The normalized spacial score (nSPS) is 13.9. The van der Waals surface area contributed by atoms with Crippen molar-refractivity contribution in [3.8, 4) is 5.13 Å². The van der Waals surface area contributed by atoms with Gasteiger partial charge >= 0.3 is 5.97 Å². The summed E-state index contributed by atoms with van der Waals surface area (Å²) in [5, 5.41) is 19.4. The standard InChI is InChI=1S/C24H25N7O4S/c1-12(2)31-14(4)8-17(28-31)26-22(33)15-9-29(10-15)18-7-13(3)19-20(32)16(23(34)35)11-30(21(19)27-18)24-25-5-6-36-24/h5-8,11-12,15H,9-10H2,1-4H3,(H,34,35)(H,26,28,33).